The highest BCUT2D eigenvalue weighted by Crippen LogP contribution is 2.30. The molecule has 2 rings (SSSR count). The molecule has 1 saturated carbocycles. The average molecular weight is 478 g/mol. The quantitative estimate of drug-likeness (QED) is 0.325. The van der Waals surface area contributed by atoms with Crippen LogP contribution in [-0.2, 0) is 0 Å². The molecule has 0 radical (unpaired) electrons. The highest BCUT2D eigenvalue weighted by molar-refractivity contribution is 14.0. The van der Waals surface area contributed by atoms with Gasteiger partial charge in [0.05, 0.1) is 12.6 Å². The predicted molar refractivity (Wildman–Crippen MR) is 116 cm³/mol. The number of halogens is 2. The van der Waals surface area contributed by atoms with Crippen LogP contribution in [0.25, 0.3) is 0 Å². The second-order valence-corrected chi connectivity index (χ2v) is 6.71. The van der Waals surface area contributed by atoms with Crippen LogP contribution in [0.1, 0.15) is 38.3 Å². The second-order valence-electron chi connectivity index (χ2n) is 6.71. The minimum atomic E-state index is -0.306. The van der Waals surface area contributed by atoms with E-state index in [-0.39, 0.29) is 35.8 Å². The Morgan fingerprint density at radius 1 is 1.42 bits per heavy atom. The van der Waals surface area contributed by atoms with Gasteiger partial charge in [-0.05, 0) is 57.0 Å². The molecule has 0 spiro atoms. The lowest BCUT2D eigenvalue weighted by molar-refractivity contribution is 0.285. The molecule has 0 aliphatic heterocycles. The number of ether oxygens (including phenoxy) is 1. The van der Waals surface area contributed by atoms with E-state index in [1.54, 1.807) is 13.1 Å². The monoisotopic (exact) mass is 478 g/mol. The molecule has 1 aliphatic carbocycles. The van der Waals surface area contributed by atoms with Crippen LogP contribution in [0.15, 0.2) is 23.2 Å². The maximum atomic E-state index is 14.2. The summed E-state index contributed by atoms with van der Waals surface area (Å²) in [5.41, 5.74) is 0.866. The van der Waals surface area contributed by atoms with Gasteiger partial charge in [-0.2, -0.15) is 0 Å². The molecular weight excluding hydrogens is 446 g/mol. The summed E-state index contributed by atoms with van der Waals surface area (Å²) in [6.45, 7) is 7.49. The van der Waals surface area contributed by atoms with Crippen LogP contribution in [0.5, 0.6) is 5.75 Å². The van der Waals surface area contributed by atoms with Gasteiger partial charge in [-0.1, -0.05) is 13.0 Å². The first-order chi connectivity index (χ1) is 12.0. The zero-order chi connectivity index (χ0) is 18.2. The van der Waals surface area contributed by atoms with Crippen molar-refractivity contribution in [2.45, 2.75) is 32.7 Å². The standard InChI is InChI=1S/C19H31FN4O.HI/c1-5-24(4)11-10-22-19(21-3)23-14(2)16-8-9-18(17(20)12-16)25-13-15-6-7-15;/h8-9,12,14-15H,5-7,10-11,13H2,1-4H3,(H2,21,22,23);1H. The van der Waals surface area contributed by atoms with Crippen molar-refractivity contribution in [3.8, 4) is 5.75 Å². The Labute approximate surface area is 173 Å². The zero-order valence-electron chi connectivity index (χ0n) is 16.2. The third-order valence-electron chi connectivity index (χ3n) is 4.53. The van der Waals surface area contributed by atoms with Crippen LogP contribution < -0.4 is 15.4 Å². The summed E-state index contributed by atoms with van der Waals surface area (Å²) in [6.07, 6.45) is 2.39. The normalized spacial score (nSPS) is 15.4. The Bertz CT molecular complexity index is 581. The van der Waals surface area contributed by atoms with E-state index < -0.39 is 0 Å². The van der Waals surface area contributed by atoms with Gasteiger partial charge >= 0.3 is 0 Å². The van der Waals surface area contributed by atoms with Gasteiger partial charge in [0.2, 0.25) is 0 Å². The van der Waals surface area contributed by atoms with E-state index in [1.165, 1.54) is 18.9 Å². The molecule has 148 valence electrons. The number of rotatable bonds is 9. The van der Waals surface area contributed by atoms with Crippen LogP contribution in [0.4, 0.5) is 4.39 Å². The first-order valence-corrected chi connectivity index (χ1v) is 9.11. The van der Waals surface area contributed by atoms with Gasteiger partial charge in [-0.3, -0.25) is 4.99 Å². The fraction of sp³-hybridized carbons (Fsp3) is 0.632. The van der Waals surface area contributed by atoms with Crippen molar-refractivity contribution in [1.29, 1.82) is 0 Å². The molecule has 1 unspecified atom stereocenters. The average Bonchev–Trinajstić information content (AvgIpc) is 3.43. The van der Waals surface area contributed by atoms with Gasteiger partial charge in [0.1, 0.15) is 0 Å². The van der Waals surface area contributed by atoms with Crippen LogP contribution in [0, 0.1) is 11.7 Å². The van der Waals surface area contributed by atoms with Gasteiger partial charge in [0, 0.05) is 20.1 Å². The van der Waals surface area contributed by atoms with E-state index in [0.29, 0.717) is 24.2 Å². The number of hydrogen-bond acceptors (Lipinski definition) is 3. The van der Waals surface area contributed by atoms with Crippen molar-refractivity contribution >= 4 is 29.9 Å². The summed E-state index contributed by atoms with van der Waals surface area (Å²) in [6, 6.07) is 5.11. The third kappa shape index (κ3) is 7.65. The van der Waals surface area contributed by atoms with Gasteiger partial charge in [-0.15, -0.1) is 24.0 Å². The van der Waals surface area contributed by atoms with E-state index in [1.807, 2.05) is 13.0 Å². The van der Waals surface area contributed by atoms with Gasteiger partial charge in [-0.25, -0.2) is 4.39 Å². The molecule has 26 heavy (non-hydrogen) atoms. The molecule has 2 N–H and O–H groups in total. The molecule has 1 aliphatic rings. The Kier molecular flexibility index (Phi) is 10.2. The highest BCUT2D eigenvalue weighted by Gasteiger charge is 2.22. The van der Waals surface area contributed by atoms with E-state index in [9.17, 15) is 4.39 Å². The first kappa shape index (κ1) is 23.0. The van der Waals surface area contributed by atoms with Crippen LogP contribution >= 0.6 is 24.0 Å². The highest BCUT2D eigenvalue weighted by atomic mass is 127. The minimum absolute atomic E-state index is 0. The zero-order valence-corrected chi connectivity index (χ0v) is 18.5. The lowest BCUT2D eigenvalue weighted by Gasteiger charge is -2.20. The van der Waals surface area contributed by atoms with Crippen molar-refractivity contribution < 1.29 is 9.13 Å². The summed E-state index contributed by atoms with van der Waals surface area (Å²) >= 11 is 0. The van der Waals surface area contributed by atoms with Crippen molar-refractivity contribution in [2.75, 3.05) is 40.3 Å². The number of guanidine groups is 1. The van der Waals surface area contributed by atoms with E-state index in [0.717, 1.165) is 25.2 Å². The summed E-state index contributed by atoms with van der Waals surface area (Å²) < 4.78 is 19.8. The number of nitrogens with one attached hydrogen (secondary N) is 2. The maximum absolute atomic E-state index is 14.2. The number of nitrogens with zero attached hydrogens (tertiary/aromatic N) is 2. The summed E-state index contributed by atoms with van der Waals surface area (Å²) in [5.74, 6) is 1.36. The molecule has 0 bridgehead atoms. The molecule has 5 nitrogen and oxygen atoms in total. The van der Waals surface area contributed by atoms with Crippen LogP contribution in [-0.4, -0.2) is 51.2 Å². The number of likely N-dealkylation sites (N-methyl/N-ethyl adjacent to an activating group) is 1. The van der Waals surface area contributed by atoms with Crippen LogP contribution in [0.2, 0.25) is 0 Å². The number of benzene rings is 1. The largest absolute Gasteiger partial charge is 0.490 e. The Hall–Kier alpha value is -1.09. The van der Waals surface area contributed by atoms with E-state index in [4.69, 9.17) is 4.74 Å². The summed E-state index contributed by atoms with van der Waals surface area (Å²) in [4.78, 5) is 6.45. The molecule has 7 heteroatoms. The lowest BCUT2D eigenvalue weighted by Crippen LogP contribution is -2.41. The van der Waals surface area contributed by atoms with Crippen molar-refractivity contribution in [1.82, 2.24) is 15.5 Å². The third-order valence-corrected chi connectivity index (χ3v) is 4.53. The summed E-state index contributed by atoms with van der Waals surface area (Å²) in [5, 5.41) is 6.57. The molecule has 0 heterocycles. The molecule has 0 aromatic heterocycles. The van der Waals surface area contributed by atoms with Crippen molar-refractivity contribution in [3.05, 3.63) is 29.6 Å². The fourth-order valence-corrected chi connectivity index (χ4v) is 2.40. The maximum Gasteiger partial charge on any atom is 0.191 e. The summed E-state index contributed by atoms with van der Waals surface area (Å²) in [7, 11) is 3.82. The van der Waals surface area contributed by atoms with Crippen LogP contribution in [0.3, 0.4) is 0 Å². The van der Waals surface area contributed by atoms with Gasteiger partial charge in [0.25, 0.3) is 0 Å². The topological polar surface area (TPSA) is 48.9 Å². The number of aliphatic imine (C=N–C) groups is 1. The number of hydrogen-bond donors (Lipinski definition) is 2. The van der Waals surface area contributed by atoms with Crippen molar-refractivity contribution in [3.63, 3.8) is 0 Å². The predicted octanol–water partition coefficient (Wildman–Crippen LogP) is 3.41. The fourth-order valence-electron chi connectivity index (χ4n) is 2.40. The molecule has 1 aromatic carbocycles. The molecule has 0 amide bonds. The second kappa shape index (κ2) is 11.6. The minimum Gasteiger partial charge on any atom is -0.490 e. The van der Waals surface area contributed by atoms with E-state index >= 15 is 0 Å². The lowest BCUT2D eigenvalue weighted by atomic mass is 10.1. The smallest absolute Gasteiger partial charge is 0.191 e. The molecule has 1 fully saturated rings. The first-order valence-electron chi connectivity index (χ1n) is 9.11. The SMILES string of the molecule is CCN(C)CCNC(=NC)NC(C)c1ccc(OCC2CC2)c(F)c1.I. The Balaban J connectivity index is 0.00000338. The van der Waals surface area contributed by atoms with E-state index in [2.05, 4.69) is 34.5 Å². The van der Waals surface area contributed by atoms with Gasteiger partial charge in [0.15, 0.2) is 17.5 Å². The Morgan fingerprint density at radius 2 is 2.15 bits per heavy atom. The molecular formula is C19H32FIN4O. The molecule has 0 saturated heterocycles. The molecule has 1 aromatic rings. The van der Waals surface area contributed by atoms with Crippen molar-refractivity contribution in [2.24, 2.45) is 10.9 Å². The Morgan fingerprint density at radius 3 is 2.73 bits per heavy atom. The molecule has 1 atom stereocenters. The van der Waals surface area contributed by atoms with Gasteiger partial charge < -0.3 is 20.3 Å².